The fourth-order valence-electron chi connectivity index (χ4n) is 2.27. The zero-order chi connectivity index (χ0) is 14.1. The molecule has 1 fully saturated rings. The van der Waals surface area contributed by atoms with Gasteiger partial charge in [0.05, 0.1) is 11.8 Å². The van der Waals surface area contributed by atoms with Crippen LogP contribution in [0.5, 0.6) is 0 Å². The summed E-state index contributed by atoms with van der Waals surface area (Å²) < 4.78 is 5.28. The fourth-order valence-corrected chi connectivity index (χ4v) is 2.27. The van der Waals surface area contributed by atoms with E-state index in [4.69, 9.17) is 9.52 Å². The molecule has 2 aromatic rings. The van der Waals surface area contributed by atoms with Crippen LogP contribution in [0.3, 0.4) is 0 Å². The molecule has 1 aliphatic rings. The molecule has 1 aromatic heterocycles. The Morgan fingerprint density at radius 2 is 2.10 bits per heavy atom. The van der Waals surface area contributed by atoms with Crippen LogP contribution in [0, 0.1) is 5.92 Å². The van der Waals surface area contributed by atoms with E-state index in [0.29, 0.717) is 5.69 Å². The molecule has 1 heterocycles. The maximum absolute atomic E-state index is 12.1. The number of carboxylic acid groups (broad SMARTS) is 1. The number of carboxylic acids is 1. The summed E-state index contributed by atoms with van der Waals surface area (Å²) in [4.78, 5) is 22.9. The van der Waals surface area contributed by atoms with Gasteiger partial charge in [0.2, 0.25) is 5.91 Å². The van der Waals surface area contributed by atoms with Gasteiger partial charge in [0, 0.05) is 17.5 Å². The first-order valence-electron chi connectivity index (χ1n) is 6.33. The van der Waals surface area contributed by atoms with Crippen molar-refractivity contribution in [3.05, 3.63) is 54.0 Å². The van der Waals surface area contributed by atoms with Gasteiger partial charge < -0.3 is 14.8 Å². The van der Waals surface area contributed by atoms with Gasteiger partial charge in [-0.2, -0.15) is 0 Å². The molecule has 2 N–H and O–H groups in total. The standard InChI is InChI=1S/C15H13NO4/c17-14(12-8-11(12)13-5-2-6-20-13)16-10-4-1-3-9(7-10)15(18)19/h1-7,11-12H,8H2,(H,16,17)(H,18,19)/t11-,12-/m1/s1. The van der Waals surface area contributed by atoms with E-state index >= 15 is 0 Å². The average molecular weight is 271 g/mol. The lowest BCUT2D eigenvalue weighted by Gasteiger charge is -2.05. The van der Waals surface area contributed by atoms with Crippen molar-refractivity contribution in [3.63, 3.8) is 0 Å². The van der Waals surface area contributed by atoms with Crippen molar-refractivity contribution in [3.8, 4) is 0 Å². The number of aromatic carboxylic acids is 1. The molecule has 1 aromatic carbocycles. The van der Waals surface area contributed by atoms with Crippen LogP contribution in [0.1, 0.15) is 28.5 Å². The van der Waals surface area contributed by atoms with Crippen molar-refractivity contribution in [1.82, 2.24) is 0 Å². The Bertz CT molecular complexity index is 648. The molecule has 0 aliphatic heterocycles. The van der Waals surface area contributed by atoms with Crippen LogP contribution in [-0.4, -0.2) is 17.0 Å². The van der Waals surface area contributed by atoms with E-state index in [9.17, 15) is 9.59 Å². The van der Waals surface area contributed by atoms with Gasteiger partial charge in [0.1, 0.15) is 5.76 Å². The Labute approximate surface area is 115 Å². The van der Waals surface area contributed by atoms with Crippen molar-refractivity contribution >= 4 is 17.6 Å². The lowest BCUT2D eigenvalue weighted by molar-refractivity contribution is -0.117. The Morgan fingerprint density at radius 3 is 2.80 bits per heavy atom. The smallest absolute Gasteiger partial charge is 0.335 e. The number of amides is 1. The third-order valence-electron chi connectivity index (χ3n) is 3.41. The molecule has 3 rings (SSSR count). The summed E-state index contributed by atoms with van der Waals surface area (Å²) in [6.07, 6.45) is 2.36. The Morgan fingerprint density at radius 1 is 1.25 bits per heavy atom. The second-order valence-corrected chi connectivity index (χ2v) is 4.84. The maximum atomic E-state index is 12.1. The molecule has 1 aliphatic carbocycles. The Kier molecular flexibility index (Phi) is 3.02. The quantitative estimate of drug-likeness (QED) is 0.896. The van der Waals surface area contributed by atoms with Crippen LogP contribution in [0.4, 0.5) is 5.69 Å². The lowest BCUT2D eigenvalue weighted by atomic mass is 10.2. The second-order valence-electron chi connectivity index (χ2n) is 4.84. The van der Waals surface area contributed by atoms with E-state index in [2.05, 4.69) is 5.32 Å². The molecular formula is C15H13NO4. The zero-order valence-corrected chi connectivity index (χ0v) is 10.6. The third-order valence-corrected chi connectivity index (χ3v) is 3.41. The van der Waals surface area contributed by atoms with Crippen LogP contribution in [0.15, 0.2) is 47.1 Å². The highest BCUT2D eigenvalue weighted by molar-refractivity contribution is 5.96. The van der Waals surface area contributed by atoms with Gasteiger partial charge in [-0.3, -0.25) is 4.79 Å². The van der Waals surface area contributed by atoms with Crippen LogP contribution in [0.25, 0.3) is 0 Å². The molecule has 5 heteroatoms. The molecule has 1 saturated carbocycles. The van der Waals surface area contributed by atoms with Crippen molar-refractivity contribution in [1.29, 1.82) is 0 Å². The van der Waals surface area contributed by atoms with Gasteiger partial charge in [0.15, 0.2) is 0 Å². The lowest BCUT2D eigenvalue weighted by Crippen LogP contribution is -2.14. The number of hydrogen-bond acceptors (Lipinski definition) is 3. The number of nitrogens with one attached hydrogen (secondary N) is 1. The van der Waals surface area contributed by atoms with Gasteiger partial charge in [-0.05, 0) is 36.8 Å². The number of furan rings is 1. The van der Waals surface area contributed by atoms with Gasteiger partial charge in [-0.25, -0.2) is 4.79 Å². The normalized spacial score (nSPS) is 20.4. The second kappa shape index (κ2) is 4.85. The van der Waals surface area contributed by atoms with E-state index in [-0.39, 0.29) is 23.3 Å². The average Bonchev–Trinajstić information content (AvgIpc) is 3.05. The highest BCUT2D eigenvalue weighted by atomic mass is 16.4. The molecule has 0 saturated heterocycles. The number of hydrogen-bond donors (Lipinski definition) is 2. The zero-order valence-electron chi connectivity index (χ0n) is 10.6. The van der Waals surface area contributed by atoms with E-state index in [1.165, 1.54) is 12.1 Å². The van der Waals surface area contributed by atoms with Gasteiger partial charge in [-0.1, -0.05) is 6.07 Å². The number of carbonyl (C=O) groups excluding carboxylic acids is 1. The highest BCUT2D eigenvalue weighted by Gasteiger charge is 2.45. The SMILES string of the molecule is O=C(O)c1cccc(NC(=O)[C@@H]2C[C@H]2c2ccco2)c1. The number of rotatable bonds is 4. The summed E-state index contributed by atoms with van der Waals surface area (Å²) in [6.45, 7) is 0. The molecule has 102 valence electrons. The molecule has 20 heavy (non-hydrogen) atoms. The van der Waals surface area contributed by atoms with Crippen LogP contribution in [-0.2, 0) is 4.79 Å². The van der Waals surface area contributed by atoms with Crippen LogP contribution in [0.2, 0.25) is 0 Å². The number of anilines is 1. The monoisotopic (exact) mass is 271 g/mol. The van der Waals surface area contributed by atoms with Gasteiger partial charge in [-0.15, -0.1) is 0 Å². The first-order valence-corrected chi connectivity index (χ1v) is 6.33. The Hall–Kier alpha value is -2.56. The van der Waals surface area contributed by atoms with Crippen molar-refractivity contribution < 1.29 is 19.1 Å². The summed E-state index contributed by atoms with van der Waals surface area (Å²) in [5.74, 6) is -0.262. The topological polar surface area (TPSA) is 79.5 Å². The molecule has 1 amide bonds. The van der Waals surface area contributed by atoms with E-state index in [1.807, 2.05) is 6.07 Å². The van der Waals surface area contributed by atoms with E-state index in [1.54, 1.807) is 24.5 Å². The molecule has 0 unspecified atom stereocenters. The molecule has 0 radical (unpaired) electrons. The van der Waals surface area contributed by atoms with Crippen molar-refractivity contribution in [2.45, 2.75) is 12.3 Å². The molecular weight excluding hydrogens is 258 g/mol. The summed E-state index contributed by atoms with van der Waals surface area (Å²) in [5, 5.41) is 11.7. The van der Waals surface area contributed by atoms with Crippen molar-refractivity contribution in [2.75, 3.05) is 5.32 Å². The predicted octanol–water partition coefficient (Wildman–Crippen LogP) is 2.72. The molecule has 0 spiro atoms. The molecule has 5 nitrogen and oxygen atoms in total. The van der Waals surface area contributed by atoms with Crippen LogP contribution < -0.4 is 5.32 Å². The highest BCUT2D eigenvalue weighted by Crippen LogP contribution is 2.48. The first kappa shape index (κ1) is 12.5. The summed E-state index contributed by atoms with van der Waals surface area (Å²) in [5.41, 5.74) is 0.654. The van der Waals surface area contributed by atoms with E-state index < -0.39 is 5.97 Å². The summed E-state index contributed by atoms with van der Waals surface area (Å²) >= 11 is 0. The van der Waals surface area contributed by atoms with Gasteiger partial charge >= 0.3 is 5.97 Å². The largest absolute Gasteiger partial charge is 0.478 e. The minimum Gasteiger partial charge on any atom is -0.478 e. The predicted molar refractivity (Wildman–Crippen MR) is 71.6 cm³/mol. The molecule has 0 bridgehead atoms. The maximum Gasteiger partial charge on any atom is 0.335 e. The molecule has 2 atom stereocenters. The third kappa shape index (κ3) is 2.42. The minimum absolute atomic E-state index is 0.102. The first-order chi connectivity index (χ1) is 9.65. The van der Waals surface area contributed by atoms with Gasteiger partial charge in [0.25, 0.3) is 0 Å². The Balaban J connectivity index is 1.66. The summed E-state index contributed by atoms with van der Waals surface area (Å²) in [6, 6.07) is 9.89. The minimum atomic E-state index is -1.01. The number of carbonyl (C=O) groups is 2. The summed E-state index contributed by atoms with van der Waals surface area (Å²) in [7, 11) is 0. The number of benzene rings is 1. The van der Waals surface area contributed by atoms with Crippen molar-refractivity contribution in [2.24, 2.45) is 5.92 Å². The fraction of sp³-hybridized carbons (Fsp3) is 0.200. The van der Waals surface area contributed by atoms with Crippen LogP contribution >= 0.6 is 0 Å². The van der Waals surface area contributed by atoms with E-state index in [0.717, 1.165) is 12.2 Å².